The molecule has 38 heavy (non-hydrogen) atoms. The third kappa shape index (κ3) is 39.5. The number of rotatable bonds is 2. The van der Waals surface area contributed by atoms with E-state index in [0.717, 1.165) is 5.69 Å². The Morgan fingerprint density at radius 3 is 0.842 bits per heavy atom. The molecular weight excluding hydrogens is 478 g/mol. The molecule has 0 bridgehead atoms. The van der Waals surface area contributed by atoms with Crippen LogP contribution in [0.5, 0.6) is 0 Å². The standard InChI is InChI=1S/2C6H5NO2.C6H7N.2C5H12.C3H8/c2*8-7(9)6-4-2-1-3-5-6;7-6-4-2-1-3-5-6;2*1-5(2,3)4;1-3-2/h2*1-5H;1-5H,7H2;2*1-4H3;3H2,1-2H3. The van der Waals surface area contributed by atoms with Crippen LogP contribution in [0.2, 0.25) is 0 Å². The van der Waals surface area contributed by atoms with Crippen LogP contribution in [-0.2, 0) is 0 Å². The molecule has 212 valence electrons. The average Bonchev–Trinajstić information content (AvgIpc) is 2.80. The molecule has 3 aromatic carbocycles. The topological polar surface area (TPSA) is 112 Å². The molecule has 0 amide bonds. The minimum absolute atomic E-state index is 0.137. The summed E-state index contributed by atoms with van der Waals surface area (Å²) in [6.45, 7) is 21.8. The number of nitrogens with zero attached hydrogens (tertiary/aromatic N) is 2. The molecule has 3 rings (SSSR count). The van der Waals surface area contributed by atoms with Crippen LogP contribution in [0.1, 0.15) is 75.7 Å². The van der Waals surface area contributed by atoms with Crippen LogP contribution in [0.4, 0.5) is 17.1 Å². The lowest BCUT2D eigenvalue weighted by molar-refractivity contribution is -0.385. The van der Waals surface area contributed by atoms with Crippen LogP contribution >= 0.6 is 0 Å². The second kappa shape index (κ2) is 22.5. The minimum Gasteiger partial charge on any atom is -0.399 e. The number of hydrogen-bond acceptors (Lipinski definition) is 5. The van der Waals surface area contributed by atoms with Crippen molar-refractivity contribution in [2.75, 3.05) is 5.73 Å². The van der Waals surface area contributed by atoms with E-state index < -0.39 is 9.85 Å². The number of non-ortho nitro benzene ring substituents is 2. The van der Waals surface area contributed by atoms with E-state index in [2.05, 4.69) is 69.2 Å². The number of benzene rings is 3. The zero-order chi connectivity index (χ0) is 30.2. The SMILES string of the molecule is CC(C)(C)C.CC(C)(C)C.CCC.Nc1ccccc1.O=[N+]([O-])c1ccccc1.O=[N+]([O-])c1ccccc1. The van der Waals surface area contributed by atoms with Crippen molar-refractivity contribution in [3.8, 4) is 0 Å². The van der Waals surface area contributed by atoms with Crippen molar-refractivity contribution in [2.45, 2.75) is 75.7 Å². The number of hydrogen-bond donors (Lipinski definition) is 1. The summed E-state index contributed by atoms with van der Waals surface area (Å²) in [5, 5.41) is 20.0. The zero-order valence-corrected chi connectivity index (χ0v) is 25.0. The Morgan fingerprint density at radius 1 is 0.553 bits per heavy atom. The van der Waals surface area contributed by atoms with Gasteiger partial charge >= 0.3 is 0 Å². The number of anilines is 1. The number of nitro benzene ring substituents is 2. The van der Waals surface area contributed by atoms with Gasteiger partial charge < -0.3 is 5.73 Å². The molecule has 0 unspecified atom stereocenters. The van der Waals surface area contributed by atoms with E-state index in [1.807, 2.05) is 30.3 Å². The molecule has 0 aliphatic heterocycles. The number of nitrogen functional groups attached to an aromatic ring is 1. The van der Waals surface area contributed by atoms with Gasteiger partial charge in [-0.05, 0) is 23.0 Å². The fourth-order valence-electron chi connectivity index (χ4n) is 1.55. The predicted octanol–water partition coefficient (Wildman–Crippen LogP) is 9.98. The summed E-state index contributed by atoms with van der Waals surface area (Å²) >= 11 is 0. The molecule has 0 spiro atoms. The van der Waals surface area contributed by atoms with Gasteiger partial charge in [0.05, 0.1) is 9.85 Å². The molecule has 2 N–H and O–H groups in total. The van der Waals surface area contributed by atoms with Crippen LogP contribution in [-0.4, -0.2) is 9.85 Å². The van der Waals surface area contributed by atoms with Crippen molar-refractivity contribution in [3.63, 3.8) is 0 Å². The largest absolute Gasteiger partial charge is 0.399 e. The van der Waals surface area contributed by atoms with Crippen molar-refractivity contribution in [1.82, 2.24) is 0 Å². The maximum Gasteiger partial charge on any atom is 0.269 e. The average molecular weight is 528 g/mol. The monoisotopic (exact) mass is 527 g/mol. The molecule has 0 atom stereocenters. The van der Waals surface area contributed by atoms with Crippen molar-refractivity contribution in [3.05, 3.63) is 111 Å². The van der Waals surface area contributed by atoms with Gasteiger partial charge in [0, 0.05) is 30.0 Å². The smallest absolute Gasteiger partial charge is 0.269 e. The highest BCUT2D eigenvalue weighted by Crippen LogP contribution is 2.09. The van der Waals surface area contributed by atoms with E-state index in [4.69, 9.17) is 5.73 Å². The molecule has 0 aliphatic rings. The Bertz CT molecular complexity index is 878. The Balaban J connectivity index is -0.000000401. The van der Waals surface area contributed by atoms with Gasteiger partial charge in [-0.2, -0.15) is 0 Å². The molecule has 0 heterocycles. The van der Waals surface area contributed by atoms with E-state index in [0.29, 0.717) is 10.8 Å². The Kier molecular flexibility index (Phi) is 22.9. The third-order valence-electron chi connectivity index (χ3n) is 2.73. The molecular formula is C31H49N3O4. The van der Waals surface area contributed by atoms with Crippen molar-refractivity contribution in [2.24, 2.45) is 10.8 Å². The zero-order valence-electron chi connectivity index (χ0n) is 25.0. The first kappa shape index (κ1) is 38.8. The third-order valence-corrected chi connectivity index (χ3v) is 2.73. The van der Waals surface area contributed by atoms with Gasteiger partial charge in [-0.25, -0.2) is 0 Å². The number of nitrogens with two attached hydrogens (primary N) is 1. The fourth-order valence-corrected chi connectivity index (χ4v) is 1.55. The summed E-state index contributed by atoms with van der Waals surface area (Å²) in [5.74, 6) is 0. The lowest BCUT2D eigenvalue weighted by atomic mass is 10.0. The highest BCUT2D eigenvalue weighted by atomic mass is 16.6. The second-order valence-electron chi connectivity index (χ2n) is 11.3. The molecule has 0 fully saturated rings. The minimum atomic E-state index is -0.417. The Morgan fingerprint density at radius 2 is 0.737 bits per heavy atom. The molecule has 7 nitrogen and oxygen atoms in total. The van der Waals surface area contributed by atoms with Gasteiger partial charge in [0.1, 0.15) is 0 Å². The van der Waals surface area contributed by atoms with Crippen LogP contribution in [0.15, 0.2) is 91.0 Å². The van der Waals surface area contributed by atoms with E-state index in [1.165, 1.54) is 30.7 Å². The number of para-hydroxylation sites is 3. The Labute approximate surface area is 230 Å². The predicted molar refractivity (Wildman–Crippen MR) is 163 cm³/mol. The summed E-state index contributed by atoms with van der Waals surface area (Å²) in [7, 11) is 0. The molecule has 0 radical (unpaired) electrons. The summed E-state index contributed by atoms with van der Waals surface area (Å²) in [4.78, 5) is 19.2. The van der Waals surface area contributed by atoms with E-state index in [-0.39, 0.29) is 11.4 Å². The van der Waals surface area contributed by atoms with E-state index in [9.17, 15) is 20.2 Å². The van der Waals surface area contributed by atoms with Crippen LogP contribution in [0.25, 0.3) is 0 Å². The molecule has 7 heteroatoms. The van der Waals surface area contributed by atoms with Gasteiger partial charge in [-0.1, -0.05) is 130 Å². The summed E-state index contributed by atoms with van der Waals surface area (Å²) < 4.78 is 0. The number of nitro groups is 2. The van der Waals surface area contributed by atoms with Crippen LogP contribution < -0.4 is 5.73 Å². The van der Waals surface area contributed by atoms with Crippen molar-refractivity contribution in [1.29, 1.82) is 0 Å². The van der Waals surface area contributed by atoms with Gasteiger partial charge in [-0.15, -0.1) is 0 Å². The second-order valence-corrected chi connectivity index (χ2v) is 11.3. The van der Waals surface area contributed by atoms with Crippen molar-refractivity contribution >= 4 is 17.1 Å². The van der Waals surface area contributed by atoms with Crippen LogP contribution in [0.3, 0.4) is 0 Å². The lowest BCUT2D eigenvalue weighted by Gasteiger charge is -2.05. The van der Waals surface area contributed by atoms with Gasteiger partial charge in [-0.3, -0.25) is 20.2 Å². The summed E-state index contributed by atoms with van der Waals surface area (Å²) in [6, 6.07) is 25.4. The maximum absolute atomic E-state index is 10.0. The first-order valence-electron chi connectivity index (χ1n) is 12.6. The first-order chi connectivity index (χ1) is 17.4. The van der Waals surface area contributed by atoms with Crippen molar-refractivity contribution < 1.29 is 9.85 Å². The van der Waals surface area contributed by atoms with Gasteiger partial charge in [0.15, 0.2) is 0 Å². The van der Waals surface area contributed by atoms with Gasteiger partial charge in [0.25, 0.3) is 11.4 Å². The fraction of sp³-hybridized carbons (Fsp3) is 0.419. The molecule has 0 saturated carbocycles. The van der Waals surface area contributed by atoms with E-state index >= 15 is 0 Å². The quantitative estimate of drug-likeness (QED) is 0.202. The molecule has 0 aliphatic carbocycles. The molecule has 0 saturated heterocycles. The van der Waals surface area contributed by atoms with Crippen LogP contribution in [0, 0.1) is 31.1 Å². The van der Waals surface area contributed by atoms with E-state index in [1.54, 1.807) is 36.4 Å². The molecule has 0 aromatic heterocycles. The Hall–Kier alpha value is -3.74. The lowest BCUT2D eigenvalue weighted by Crippen LogP contribution is -1.93. The highest BCUT2D eigenvalue weighted by molar-refractivity contribution is 5.35. The molecule has 3 aromatic rings. The summed E-state index contributed by atoms with van der Waals surface area (Å²) in [6.07, 6.45) is 1.25. The van der Waals surface area contributed by atoms with Gasteiger partial charge in [0.2, 0.25) is 0 Å². The summed E-state index contributed by atoms with van der Waals surface area (Å²) in [5.41, 5.74) is 7.45. The normalized spacial score (nSPS) is 9.42. The highest BCUT2D eigenvalue weighted by Gasteiger charge is 1.99. The maximum atomic E-state index is 10.0. The first-order valence-corrected chi connectivity index (χ1v) is 12.6.